The number of carbonyl (C=O) groups excluding carboxylic acids is 1. The fourth-order valence-electron chi connectivity index (χ4n) is 5.34. The van der Waals surface area contributed by atoms with Gasteiger partial charge < -0.3 is 15.0 Å². The number of hydrogen-bond donors (Lipinski definition) is 2. The zero-order chi connectivity index (χ0) is 27.2. The minimum absolute atomic E-state index is 0.139. The van der Waals surface area contributed by atoms with E-state index < -0.39 is 0 Å². The van der Waals surface area contributed by atoms with Crippen molar-refractivity contribution in [2.24, 2.45) is 5.92 Å². The number of rotatable bonds is 10. The van der Waals surface area contributed by atoms with Gasteiger partial charge in [0.05, 0.1) is 18.0 Å². The van der Waals surface area contributed by atoms with E-state index in [1.165, 1.54) is 0 Å². The van der Waals surface area contributed by atoms with Crippen molar-refractivity contribution in [1.29, 1.82) is 0 Å². The van der Waals surface area contributed by atoms with Crippen molar-refractivity contribution >= 4 is 29.2 Å². The lowest BCUT2D eigenvalue weighted by Crippen LogP contribution is -2.47. The molecule has 0 atom stereocenters. The molecule has 3 aromatic rings. The van der Waals surface area contributed by atoms with Crippen LogP contribution in [0.15, 0.2) is 40.4 Å². The molecule has 10 heteroatoms. The van der Waals surface area contributed by atoms with Crippen LogP contribution in [0.4, 0.5) is 11.5 Å². The van der Waals surface area contributed by atoms with Gasteiger partial charge in [0.25, 0.3) is 0 Å². The Kier molecular flexibility index (Phi) is 9.16. The van der Waals surface area contributed by atoms with Crippen LogP contribution in [-0.2, 0) is 16.0 Å². The number of nitrogens with one attached hydrogen (secondary N) is 2. The van der Waals surface area contributed by atoms with E-state index in [-0.39, 0.29) is 11.8 Å². The number of H-pyrrole nitrogens is 1. The highest BCUT2D eigenvalue weighted by molar-refractivity contribution is 7.99. The molecule has 0 bridgehead atoms. The summed E-state index contributed by atoms with van der Waals surface area (Å²) in [6.45, 7) is 9.65. The molecule has 1 saturated carbocycles. The van der Waals surface area contributed by atoms with E-state index in [4.69, 9.17) is 14.7 Å². The Hall–Kier alpha value is -2.95. The quantitative estimate of drug-likeness (QED) is 0.358. The number of amides is 1. The first-order valence-electron chi connectivity index (χ1n) is 13.9. The third-order valence-corrected chi connectivity index (χ3v) is 8.52. The van der Waals surface area contributed by atoms with Gasteiger partial charge in [0.2, 0.25) is 5.91 Å². The molecule has 2 aromatic heterocycles. The highest BCUT2D eigenvalue weighted by Crippen LogP contribution is 2.32. The summed E-state index contributed by atoms with van der Waals surface area (Å²) in [7, 11) is 1.75. The summed E-state index contributed by atoms with van der Waals surface area (Å²) >= 11 is 1.55. The molecule has 0 unspecified atom stereocenters. The van der Waals surface area contributed by atoms with Crippen LogP contribution in [0.25, 0.3) is 0 Å². The molecule has 5 rings (SSSR count). The minimum atomic E-state index is 0.139. The lowest BCUT2D eigenvalue weighted by molar-refractivity contribution is -0.119. The van der Waals surface area contributed by atoms with E-state index in [0.717, 1.165) is 109 Å². The van der Waals surface area contributed by atoms with Crippen LogP contribution in [0, 0.1) is 19.8 Å². The van der Waals surface area contributed by atoms with Crippen molar-refractivity contribution < 1.29 is 9.53 Å². The number of nitrogens with zero attached hydrogens (tertiary/aromatic N) is 5. The second-order valence-electron chi connectivity index (χ2n) is 10.5. The molecule has 0 radical (unpaired) electrons. The van der Waals surface area contributed by atoms with E-state index in [0.29, 0.717) is 6.42 Å². The van der Waals surface area contributed by atoms with E-state index in [1.54, 1.807) is 18.9 Å². The van der Waals surface area contributed by atoms with Crippen molar-refractivity contribution in [3.05, 3.63) is 53.0 Å². The molecular formula is C29H39N7O2S. The van der Waals surface area contributed by atoms with Crippen LogP contribution < -0.4 is 10.2 Å². The molecule has 1 amide bonds. The molecule has 1 aromatic carbocycles. The summed E-state index contributed by atoms with van der Waals surface area (Å²) in [5.41, 5.74) is 4.95. The predicted octanol–water partition coefficient (Wildman–Crippen LogP) is 4.46. The van der Waals surface area contributed by atoms with Gasteiger partial charge in [-0.25, -0.2) is 9.97 Å². The Morgan fingerprint density at radius 3 is 2.51 bits per heavy atom. The Morgan fingerprint density at radius 1 is 1.10 bits per heavy atom. The number of carbonyl (C=O) groups is 1. The number of hydrogen-bond acceptors (Lipinski definition) is 8. The average molecular weight is 550 g/mol. The normalized spacial score (nSPS) is 16.6. The van der Waals surface area contributed by atoms with Gasteiger partial charge in [0, 0.05) is 74.0 Å². The van der Waals surface area contributed by atoms with Crippen LogP contribution in [0.2, 0.25) is 0 Å². The standard InChI is InChI=1S/C29H39N7O2S/c1-20-18-24(34-33-20)19-26-21(2)27(36-14-12-35(13-15-36)16-17-38-3)32-29(31-26)39-25-10-8-23(9-11-25)30-28(37)22-6-4-5-7-22/h8-11,18,22H,4-7,12-17,19H2,1-3H3,(H,30,37)(H,33,34). The second-order valence-corrected chi connectivity index (χ2v) is 11.6. The second kappa shape index (κ2) is 12.9. The fraction of sp³-hybridized carbons (Fsp3) is 0.517. The highest BCUT2D eigenvalue weighted by Gasteiger charge is 2.24. The van der Waals surface area contributed by atoms with Crippen LogP contribution in [0.1, 0.15) is 48.3 Å². The molecule has 2 fully saturated rings. The fourth-order valence-corrected chi connectivity index (χ4v) is 6.11. The smallest absolute Gasteiger partial charge is 0.227 e. The third-order valence-electron chi connectivity index (χ3n) is 7.65. The Bertz CT molecular complexity index is 1250. The molecule has 1 aliphatic carbocycles. The lowest BCUT2D eigenvalue weighted by atomic mass is 10.1. The van der Waals surface area contributed by atoms with Gasteiger partial charge in [-0.15, -0.1) is 0 Å². The summed E-state index contributed by atoms with van der Waals surface area (Å²) in [4.78, 5) is 28.4. The van der Waals surface area contributed by atoms with Crippen LogP contribution in [0.5, 0.6) is 0 Å². The molecule has 39 heavy (non-hydrogen) atoms. The van der Waals surface area contributed by atoms with E-state index >= 15 is 0 Å². The largest absolute Gasteiger partial charge is 0.383 e. The van der Waals surface area contributed by atoms with Gasteiger partial charge in [0.15, 0.2) is 5.16 Å². The first-order chi connectivity index (χ1) is 19.0. The van der Waals surface area contributed by atoms with Crippen LogP contribution in [0.3, 0.4) is 0 Å². The topological polar surface area (TPSA) is 99.3 Å². The molecule has 208 valence electrons. The van der Waals surface area contributed by atoms with Crippen molar-refractivity contribution in [1.82, 2.24) is 25.1 Å². The maximum atomic E-state index is 12.5. The molecule has 0 spiro atoms. The van der Waals surface area contributed by atoms with Gasteiger partial charge >= 0.3 is 0 Å². The molecular weight excluding hydrogens is 510 g/mol. The zero-order valence-electron chi connectivity index (χ0n) is 23.2. The number of piperazine rings is 1. The summed E-state index contributed by atoms with van der Waals surface area (Å²) in [5, 5.41) is 11.3. The predicted molar refractivity (Wildman–Crippen MR) is 155 cm³/mol. The molecule has 1 aliphatic heterocycles. The summed E-state index contributed by atoms with van der Waals surface area (Å²) < 4.78 is 5.26. The Morgan fingerprint density at radius 2 is 1.85 bits per heavy atom. The number of aromatic amines is 1. The summed E-state index contributed by atoms with van der Waals surface area (Å²) in [6.07, 6.45) is 4.94. The zero-order valence-corrected chi connectivity index (χ0v) is 24.0. The van der Waals surface area contributed by atoms with Crippen molar-refractivity contribution in [3.8, 4) is 0 Å². The number of methoxy groups -OCH3 is 1. The minimum Gasteiger partial charge on any atom is -0.383 e. The number of ether oxygens (including phenoxy) is 1. The van der Waals surface area contributed by atoms with Gasteiger partial charge in [0.1, 0.15) is 5.82 Å². The summed E-state index contributed by atoms with van der Waals surface area (Å²) in [5.74, 6) is 1.29. The number of benzene rings is 1. The van der Waals surface area contributed by atoms with E-state index in [1.807, 2.05) is 31.2 Å². The SMILES string of the molecule is COCCN1CCN(c2nc(Sc3ccc(NC(=O)C4CCCC4)cc3)nc(Cc3cc(C)[nH]n3)c2C)CC1. The Balaban J connectivity index is 1.33. The van der Waals surface area contributed by atoms with Crippen molar-refractivity contribution in [2.75, 3.05) is 56.7 Å². The number of aromatic nitrogens is 4. The van der Waals surface area contributed by atoms with Gasteiger partial charge in [-0.05, 0) is 68.8 Å². The van der Waals surface area contributed by atoms with Gasteiger partial charge in [-0.2, -0.15) is 5.10 Å². The van der Waals surface area contributed by atoms with Crippen molar-refractivity contribution in [2.45, 2.75) is 56.0 Å². The van der Waals surface area contributed by atoms with E-state index in [2.05, 4.69) is 38.3 Å². The van der Waals surface area contributed by atoms with Crippen LogP contribution >= 0.6 is 11.8 Å². The number of anilines is 2. The third kappa shape index (κ3) is 7.17. The first-order valence-corrected chi connectivity index (χ1v) is 14.7. The number of aryl methyl sites for hydroxylation is 1. The first kappa shape index (κ1) is 27.6. The maximum absolute atomic E-state index is 12.5. The average Bonchev–Trinajstić information content (AvgIpc) is 3.63. The van der Waals surface area contributed by atoms with Crippen LogP contribution in [-0.4, -0.2) is 77.4 Å². The van der Waals surface area contributed by atoms with Gasteiger partial charge in [-0.1, -0.05) is 12.8 Å². The molecule has 2 N–H and O–H groups in total. The molecule has 1 saturated heterocycles. The molecule has 2 aliphatic rings. The summed E-state index contributed by atoms with van der Waals surface area (Å²) in [6, 6.07) is 10.1. The lowest BCUT2D eigenvalue weighted by Gasteiger charge is -2.36. The van der Waals surface area contributed by atoms with Gasteiger partial charge in [-0.3, -0.25) is 14.8 Å². The molecule has 9 nitrogen and oxygen atoms in total. The maximum Gasteiger partial charge on any atom is 0.227 e. The highest BCUT2D eigenvalue weighted by atomic mass is 32.2. The Labute approximate surface area is 235 Å². The monoisotopic (exact) mass is 549 g/mol. The molecule has 3 heterocycles. The van der Waals surface area contributed by atoms with E-state index in [9.17, 15) is 4.79 Å². The van der Waals surface area contributed by atoms with Crippen molar-refractivity contribution in [3.63, 3.8) is 0 Å².